The Kier molecular flexibility index (Phi) is 5.10. The maximum Gasteiger partial charge on any atom is 0.416 e. The third-order valence-corrected chi connectivity index (χ3v) is 4.58. The van der Waals surface area contributed by atoms with Gasteiger partial charge in [-0.2, -0.15) is 18.3 Å². The highest BCUT2D eigenvalue weighted by Crippen LogP contribution is 2.29. The number of carbonyl (C=O) groups excluding carboxylic acids is 1. The maximum absolute atomic E-state index is 12.9. The summed E-state index contributed by atoms with van der Waals surface area (Å²) in [4.78, 5) is 15.6. The summed E-state index contributed by atoms with van der Waals surface area (Å²) in [5.74, 6) is -0.452. The first-order valence-electron chi connectivity index (χ1n) is 9.11. The van der Waals surface area contributed by atoms with Gasteiger partial charge in [-0.1, -0.05) is 60.7 Å². The van der Waals surface area contributed by atoms with Crippen LogP contribution in [0.3, 0.4) is 0 Å². The van der Waals surface area contributed by atoms with E-state index in [1.807, 2.05) is 30.3 Å². The van der Waals surface area contributed by atoms with Crippen molar-refractivity contribution in [3.8, 4) is 0 Å². The van der Waals surface area contributed by atoms with Gasteiger partial charge in [0.25, 0.3) is 5.91 Å². The van der Waals surface area contributed by atoms with Gasteiger partial charge >= 0.3 is 6.18 Å². The highest BCUT2D eigenvalue weighted by atomic mass is 19.4. The van der Waals surface area contributed by atoms with Crippen molar-refractivity contribution in [3.05, 3.63) is 107 Å². The molecule has 150 valence electrons. The molecule has 4 rings (SSSR count). The van der Waals surface area contributed by atoms with Crippen LogP contribution in [-0.2, 0) is 6.18 Å². The molecule has 0 aliphatic rings. The van der Waals surface area contributed by atoms with Crippen molar-refractivity contribution in [1.29, 1.82) is 0 Å². The van der Waals surface area contributed by atoms with E-state index in [0.717, 1.165) is 23.0 Å². The Morgan fingerprint density at radius 3 is 2.13 bits per heavy atom. The van der Waals surface area contributed by atoms with E-state index in [1.165, 1.54) is 12.1 Å². The van der Waals surface area contributed by atoms with Crippen LogP contribution in [0, 0.1) is 0 Å². The van der Waals surface area contributed by atoms with E-state index in [2.05, 4.69) is 15.5 Å². The van der Waals surface area contributed by atoms with Crippen LogP contribution in [0.25, 0.3) is 10.9 Å². The molecule has 4 aromatic rings. The van der Waals surface area contributed by atoms with E-state index < -0.39 is 17.6 Å². The number of nitrogens with one attached hydrogen (secondary N) is 2. The number of benzene rings is 3. The molecule has 0 unspecified atom stereocenters. The zero-order valence-corrected chi connectivity index (χ0v) is 15.6. The van der Waals surface area contributed by atoms with Crippen molar-refractivity contribution in [3.63, 3.8) is 0 Å². The molecule has 1 aromatic heterocycles. The molecule has 0 spiro atoms. The molecule has 1 amide bonds. The normalized spacial score (nSPS) is 12.2. The number of aromatic amines is 1. The second-order valence-electron chi connectivity index (χ2n) is 6.61. The molecule has 0 aliphatic heterocycles. The SMILES string of the molecule is O=C(N/N=C(/c1ccccc1)c1ccc(C(F)(F)F)cc1)c1cc2ccccc2[nH]1. The van der Waals surface area contributed by atoms with Gasteiger partial charge in [-0.25, -0.2) is 5.43 Å². The van der Waals surface area contributed by atoms with E-state index >= 15 is 0 Å². The van der Waals surface area contributed by atoms with Crippen molar-refractivity contribution < 1.29 is 18.0 Å². The Morgan fingerprint density at radius 2 is 1.47 bits per heavy atom. The second kappa shape index (κ2) is 7.87. The van der Waals surface area contributed by atoms with Crippen molar-refractivity contribution in [1.82, 2.24) is 10.4 Å². The van der Waals surface area contributed by atoms with Crippen LogP contribution in [0.4, 0.5) is 13.2 Å². The number of halogens is 3. The summed E-state index contributed by atoms with van der Waals surface area (Å²) in [6, 6.07) is 22.8. The number of H-pyrrole nitrogens is 1. The Balaban J connectivity index is 1.66. The number of rotatable bonds is 4. The first kappa shape index (κ1) is 19.4. The lowest BCUT2D eigenvalue weighted by Crippen LogP contribution is -2.21. The van der Waals surface area contributed by atoms with E-state index in [4.69, 9.17) is 0 Å². The summed E-state index contributed by atoms with van der Waals surface area (Å²) in [6.45, 7) is 0. The van der Waals surface area contributed by atoms with Crippen LogP contribution >= 0.6 is 0 Å². The summed E-state index contributed by atoms with van der Waals surface area (Å²) in [6.07, 6.45) is -4.42. The highest BCUT2D eigenvalue weighted by molar-refractivity contribution is 6.13. The molecule has 0 bridgehead atoms. The Labute approximate surface area is 170 Å². The van der Waals surface area contributed by atoms with Gasteiger partial charge in [0, 0.05) is 22.0 Å². The predicted octanol–water partition coefficient (Wildman–Crippen LogP) is 5.37. The van der Waals surface area contributed by atoms with E-state index in [1.54, 1.807) is 30.3 Å². The minimum absolute atomic E-state index is 0.333. The maximum atomic E-state index is 12.9. The summed E-state index contributed by atoms with van der Waals surface area (Å²) in [5, 5.41) is 5.11. The minimum atomic E-state index is -4.42. The molecule has 0 fully saturated rings. The molecule has 0 atom stereocenters. The fraction of sp³-hybridized carbons (Fsp3) is 0.0435. The number of hydrogen-bond donors (Lipinski definition) is 2. The van der Waals surface area contributed by atoms with Crippen molar-refractivity contribution in [2.24, 2.45) is 5.10 Å². The monoisotopic (exact) mass is 407 g/mol. The lowest BCUT2D eigenvalue weighted by molar-refractivity contribution is -0.137. The number of carbonyl (C=O) groups is 1. The summed E-state index contributed by atoms with van der Waals surface area (Å²) >= 11 is 0. The van der Waals surface area contributed by atoms with Crippen LogP contribution < -0.4 is 5.43 Å². The molecule has 4 nitrogen and oxygen atoms in total. The fourth-order valence-corrected chi connectivity index (χ4v) is 3.07. The number of alkyl halides is 3. The minimum Gasteiger partial charge on any atom is -0.350 e. The van der Waals surface area contributed by atoms with Gasteiger partial charge in [-0.3, -0.25) is 4.79 Å². The molecule has 7 heteroatoms. The lowest BCUT2D eigenvalue weighted by atomic mass is 10.0. The summed E-state index contributed by atoms with van der Waals surface area (Å²) in [5.41, 5.74) is 4.37. The van der Waals surface area contributed by atoms with Gasteiger partial charge in [0.15, 0.2) is 0 Å². The second-order valence-corrected chi connectivity index (χ2v) is 6.61. The van der Waals surface area contributed by atoms with E-state index in [0.29, 0.717) is 22.5 Å². The topological polar surface area (TPSA) is 57.2 Å². The molecular weight excluding hydrogens is 391 g/mol. The number of hydrazone groups is 1. The van der Waals surface area contributed by atoms with Crippen LogP contribution in [0.1, 0.15) is 27.2 Å². The van der Waals surface area contributed by atoms with Gasteiger partial charge in [0.2, 0.25) is 0 Å². The third kappa shape index (κ3) is 4.10. The average Bonchev–Trinajstić information content (AvgIpc) is 3.19. The van der Waals surface area contributed by atoms with Gasteiger partial charge in [-0.15, -0.1) is 0 Å². The molecule has 0 radical (unpaired) electrons. The molecule has 0 aliphatic carbocycles. The van der Waals surface area contributed by atoms with Crippen LogP contribution in [-0.4, -0.2) is 16.6 Å². The Bertz CT molecular complexity index is 1180. The average molecular weight is 407 g/mol. The Morgan fingerprint density at radius 1 is 0.833 bits per heavy atom. The number of fused-ring (bicyclic) bond motifs is 1. The third-order valence-electron chi connectivity index (χ3n) is 4.58. The standard InChI is InChI=1S/C23H16F3N3O/c24-23(25,26)18-12-10-16(11-13-18)21(15-6-2-1-3-7-15)28-29-22(30)20-14-17-8-4-5-9-19(17)27-20/h1-14,27H,(H,29,30)/b28-21-. The molecule has 0 saturated carbocycles. The number of aromatic nitrogens is 1. The quantitative estimate of drug-likeness (QED) is 0.347. The van der Waals surface area contributed by atoms with Gasteiger partial charge in [-0.05, 0) is 24.3 Å². The van der Waals surface area contributed by atoms with E-state index in [9.17, 15) is 18.0 Å². The van der Waals surface area contributed by atoms with Gasteiger partial charge in [0.1, 0.15) is 5.69 Å². The number of para-hydroxylation sites is 1. The predicted molar refractivity (Wildman–Crippen MR) is 109 cm³/mol. The largest absolute Gasteiger partial charge is 0.416 e. The summed E-state index contributed by atoms with van der Waals surface area (Å²) in [7, 11) is 0. The van der Waals surface area contributed by atoms with Crippen molar-refractivity contribution >= 4 is 22.5 Å². The lowest BCUT2D eigenvalue weighted by Gasteiger charge is -2.10. The molecule has 2 N–H and O–H groups in total. The summed E-state index contributed by atoms with van der Waals surface area (Å²) < 4.78 is 38.6. The smallest absolute Gasteiger partial charge is 0.350 e. The molecule has 1 heterocycles. The molecule has 3 aromatic carbocycles. The highest BCUT2D eigenvalue weighted by Gasteiger charge is 2.30. The first-order valence-corrected chi connectivity index (χ1v) is 9.11. The van der Waals surface area contributed by atoms with Crippen molar-refractivity contribution in [2.75, 3.05) is 0 Å². The Hall–Kier alpha value is -3.87. The zero-order valence-electron chi connectivity index (χ0n) is 15.6. The zero-order chi connectivity index (χ0) is 21.1. The van der Waals surface area contributed by atoms with Gasteiger partial charge < -0.3 is 4.98 Å². The molecular formula is C23H16F3N3O. The van der Waals surface area contributed by atoms with Crippen LogP contribution in [0.5, 0.6) is 0 Å². The number of hydrogen-bond acceptors (Lipinski definition) is 2. The molecule has 30 heavy (non-hydrogen) atoms. The number of amides is 1. The van der Waals surface area contributed by atoms with Crippen LogP contribution in [0.15, 0.2) is 90.0 Å². The van der Waals surface area contributed by atoms with Crippen LogP contribution in [0.2, 0.25) is 0 Å². The fourth-order valence-electron chi connectivity index (χ4n) is 3.07. The van der Waals surface area contributed by atoms with Crippen molar-refractivity contribution in [2.45, 2.75) is 6.18 Å². The number of nitrogens with zero attached hydrogens (tertiary/aromatic N) is 1. The molecule has 0 saturated heterocycles. The first-order chi connectivity index (χ1) is 14.4. The van der Waals surface area contributed by atoms with E-state index in [-0.39, 0.29) is 0 Å². The van der Waals surface area contributed by atoms with Gasteiger partial charge in [0.05, 0.1) is 11.3 Å².